The zero-order valence-corrected chi connectivity index (χ0v) is 13.7. The number of hydrogen-bond acceptors (Lipinski definition) is 5. The van der Waals surface area contributed by atoms with Crippen LogP contribution in [0.2, 0.25) is 5.02 Å². The fraction of sp³-hybridized carbons (Fsp3) is 0.133. The first-order valence-electron chi connectivity index (χ1n) is 6.57. The van der Waals surface area contributed by atoms with Crippen LogP contribution in [0.5, 0.6) is 17.2 Å². The van der Waals surface area contributed by atoms with Gasteiger partial charge >= 0.3 is 14.1 Å². The summed E-state index contributed by atoms with van der Waals surface area (Å²) < 4.78 is 14.4. The predicted octanol–water partition coefficient (Wildman–Crippen LogP) is 3.84. The molecule has 0 aliphatic carbocycles. The van der Waals surface area contributed by atoms with E-state index in [1.54, 1.807) is 48.5 Å². The maximum atomic E-state index is 11.8. The smallest absolute Gasteiger partial charge is 0.395 e. The number of carboxylic acid groups (broad SMARTS) is 1. The average molecular weight is 354 g/mol. The van der Waals surface area contributed by atoms with Crippen molar-refractivity contribution >= 4 is 25.7 Å². The Morgan fingerprint density at radius 3 is 2.35 bits per heavy atom. The molecule has 0 fully saturated rings. The Morgan fingerprint density at radius 1 is 1.17 bits per heavy atom. The molecule has 120 valence electrons. The van der Waals surface area contributed by atoms with E-state index in [0.717, 1.165) is 0 Å². The Kier molecular flexibility index (Phi) is 5.93. The Morgan fingerprint density at radius 2 is 1.74 bits per heavy atom. The lowest BCUT2D eigenvalue weighted by atomic mass is 10.3. The highest BCUT2D eigenvalue weighted by Gasteiger charge is 2.17. The molecule has 0 saturated carbocycles. The topological polar surface area (TPSA) is 91.2 Å². The number of halogens is 1. The van der Waals surface area contributed by atoms with Crippen molar-refractivity contribution in [2.75, 3.05) is 0 Å². The van der Waals surface area contributed by atoms with Gasteiger partial charge in [0.2, 0.25) is 5.75 Å². The number of nitrogens with zero attached hydrogens (tertiary/aromatic N) is 1. The zero-order valence-electron chi connectivity index (χ0n) is 12.0. The third-order valence-electron chi connectivity index (χ3n) is 2.71. The second-order valence-electron chi connectivity index (χ2n) is 4.44. The number of hydrogen-bond donors (Lipinski definition) is 1. The molecule has 0 aliphatic heterocycles. The van der Waals surface area contributed by atoms with E-state index in [1.807, 2.05) is 0 Å². The lowest BCUT2D eigenvalue weighted by Gasteiger charge is -2.09. The lowest BCUT2D eigenvalue weighted by molar-refractivity contribution is -0.169. The van der Waals surface area contributed by atoms with Crippen LogP contribution in [0, 0.1) is 0 Å². The minimum atomic E-state index is -2.55. The van der Waals surface area contributed by atoms with E-state index >= 15 is 0 Å². The number of ether oxygens (including phenoxy) is 1. The summed E-state index contributed by atoms with van der Waals surface area (Å²) in [6, 6.07) is 12.3. The third kappa shape index (κ3) is 4.93. The normalized spacial score (nSPS) is 12.6. The molecule has 0 aromatic heterocycles. The van der Waals surface area contributed by atoms with Crippen molar-refractivity contribution in [3.63, 3.8) is 0 Å². The van der Waals surface area contributed by atoms with Gasteiger partial charge in [-0.1, -0.05) is 40.6 Å². The van der Waals surface area contributed by atoms with E-state index in [-0.39, 0.29) is 5.75 Å². The number of rotatable bonds is 6. The van der Waals surface area contributed by atoms with Gasteiger partial charge in [0, 0.05) is 0 Å². The fourth-order valence-corrected chi connectivity index (χ4v) is 2.48. The largest absolute Gasteiger partial charge is 0.575 e. The van der Waals surface area contributed by atoms with E-state index in [1.165, 1.54) is 6.92 Å². The molecule has 23 heavy (non-hydrogen) atoms. The van der Waals surface area contributed by atoms with Crippen molar-refractivity contribution in [3.8, 4) is 17.2 Å². The lowest BCUT2D eigenvalue weighted by Crippen LogP contribution is -2.13. The SMILES string of the molecule is CC(/N=[P+](\[O-])Oc1ccccc1Oc1ccccc1Cl)C(=O)O. The van der Waals surface area contributed by atoms with Crippen LogP contribution in [0.4, 0.5) is 0 Å². The highest BCUT2D eigenvalue weighted by atomic mass is 35.5. The first-order chi connectivity index (χ1) is 11.0. The van der Waals surface area contributed by atoms with Crippen LogP contribution in [0.15, 0.2) is 53.3 Å². The molecule has 0 bridgehead atoms. The minimum Gasteiger partial charge on any atom is -0.575 e. The number of para-hydroxylation sites is 3. The summed E-state index contributed by atoms with van der Waals surface area (Å²) in [7, 11) is -2.55. The second-order valence-corrected chi connectivity index (χ2v) is 5.73. The van der Waals surface area contributed by atoms with Crippen molar-refractivity contribution in [2.45, 2.75) is 13.0 Å². The van der Waals surface area contributed by atoms with E-state index in [2.05, 4.69) is 4.74 Å². The highest BCUT2D eigenvalue weighted by molar-refractivity contribution is 7.34. The molecule has 0 radical (unpaired) electrons. The minimum absolute atomic E-state index is 0.176. The Hall–Kier alpha value is -2.14. The molecule has 2 unspecified atom stereocenters. The third-order valence-corrected chi connectivity index (χ3v) is 3.91. The van der Waals surface area contributed by atoms with E-state index in [9.17, 15) is 9.69 Å². The Bertz CT molecular complexity index is 737. The maximum absolute atomic E-state index is 11.8. The van der Waals surface area contributed by atoms with Crippen molar-refractivity contribution < 1.29 is 24.1 Å². The average Bonchev–Trinajstić information content (AvgIpc) is 2.51. The zero-order chi connectivity index (χ0) is 16.8. The fourth-order valence-electron chi connectivity index (χ4n) is 1.55. The molecule has 0 aliphatic rings. The summed E-state index contributed by atoms with van der Waals surface area (Å²) in [5.41, 5.74) is 0. The van der Waals surface area contributed by atoms with Crippen molar-refractivity contribution in [1.29, 1.82) is 0 Å². The predicted molar refractivity (Wildman–Crippen MR) is 85.0 cm³/mol. The van der Waals surface area contributed by atoms with Crippen LogP contribution in [0.3, 0.4) is 0 Å². The summed E-state index contributed by atoms with van der Waals surface area (Å²) in [6.07, 6.45) is 0. The van der Waals surface area contributed by atoms with Crippen LogP contribution in [0.25, 0.3) is 0 Å². The van der Waals surface area contributed by atoms with Gasteiger partial charge in [0.05, 0.1) is 5.02 Å². The molecular formula is C15H13ClNO5P. The number of benzene rings is 2. The molecule has 2 rings (SSSR count). The molecule has 2 aromatic rings. The molecule has 1 N–H and O–H groups in total. The van der Waals surface area contributed by atoms with E-state index < -0.39 is 20.2 Å². The Labute approximate surface area is 138 Å². The molecule has 6 nitrogen and oxygen atoms in total. The van der Waals surface area contributed by atoms with Gasteiger partial charge < -0.3 is 14.7 Å². The Balaban J connectivity index is 2.21. The van der Waals surface area contributed by atoms with Crippen LogP contribution in [0.1, 0.15) is 6.92 Å². The number of aliphatic carboxylic acids is 1. The number of carbonyl (C=O) groups is 1. The van der Waals surface area contributed by atoms with Gasteiger partial charge in [-0.05, 0) is 31.2 Å². The summed E-state index contributed by atoms with van der Waals surface area (Å²) in [6.45, 7) is 1.31. The first-order valence-corrected chi connectivity index (χ1v) is 8.08. The van der Waals surface area contributed by atoms with Crippen molar-refractivity contribution in [3.05, 3.63) is 53.6 Å². The summed E-state index contributed by atoms with van der Waals surface area (Å²) in [5.74, 6) is -0.300. The highest BCUT2D eigenvalue weighted by Crippen LogP contribution is 2.37. The summed E-state index contributed by atoms with van der Waals surface area (Å²) in [4.78, 5) is 22.5. The van der Waals surface area contributed by atoms with Crippen molar-refractivity contribution in [2.24, 2.45) is 4.74 Å². The van der Waals surface area contributed by atoms with Crippen LogP contribution in [-0.2, 0) is 4.79 Å². The number of carboxylic acids is 1. The standard InChI is InChI=1S/C15H13ClNO5P/c1-10(15(18)19)17-23(20)22-14-9-5-4-8-13(14)21-12-7-3-2-6-11(12)16/h2-10H,1H3,(H,18,19). The van der Waals surface area contributed by atoms with Gasteiger partial charge in [0.1, 0.15) is 5.75 Å². The van der Waals surface area contributed by atoms with Crippen molar-refractivity contribution in [1.82, 2.24) is 0 Å². The van der Waals surface area contributed by atoms with Gasteiger partial charge in [0.15, 0.2) is 11.8 Å². The van der Waals surface area contributed by atoms with E-state index in [0.29, 0.717) is 16.5 Å². The molecule has 2 atom stereocenters. The quantitative estimate of drug-likeness (QED) is 0.797. The molecule has 0 heterocycles. The maximum Gasteiger partial charge on any atom is 0.395 e. The van der Waals surface area contributed by atoms with Gasteiger partial charge in [-0.15, -0.1) is 0 Å². The molecule has 8 heteroatoms. The monoisotopic (exact) mass is 353 g/mol. The summed E-state index contributed by atoms with van der Waals surface area (Å²) >= 11 is 6.03. The molecule has 0 amide bonds. The van der Waals surface area contributed by atoms with Gasteiger partial charge in [-0.2, -0.15) is 0 Å². The first kappa shape index (κ1) is 17.2. The van der Waals surface area contributed by atoms with Crippen LogP contribution in [-0.4, -0.2) is 17.1 Å². The molecule has 0 saturated heterocycles. The van der Waals surface area contributed by atoms with Crippen LogP contribution >= 0.6 is 19.8 Å². The second kappa shape index (κ2) is 7.92. The van der Waals surface area contributed by atoms with E-state index in [4.69, 9.17) is 26.0 Å². The van der Waals surface area contributed by atoms with Gasteiger partial charge in [-0.25, -0.2) is 4.79 Å². The molecule has 2 aromatic carbocycles. The van der Waals surface area contributed by atoms with Gasteiger partial charge in [-0.3, -0.25) is 4.52 Å². The van der Waals surface area contributed by atoms with Crippen LogP contribution < -0.4 is 14.2 Å². The molecular weight excluding hydrogens is 341 g/mol. The summed E-state index contributed by atoms with van der Waals surface area (Å²) in [5, 5.41) is 9.17. The molecule has 0 spiro atoms. The van der Waals surface area contributed by atoms with Gasteiger partial charge in [0.25, 0.3) is 0 Å².